The van der Waals surface area contributed by atoms with Crippen LogP contribution in [0.2, 0.25) is 0 Å². The third-order valence-electron chi connectivity index (χ3n) is 5.34. The van der Waals surface area contributed by atoms with E-state index in [-0.39, 0.29) is 18.1 Å². The van der Waals surface area contributed by atoms with Crippen molar-refractivity contribution in [3.05, 3.63) is 30.0 Å². The van der Waals surface area contributed by atoms with Gasteiger partial charge in [0.25, 0.3) is 0 Å². The number of unbranched alkanes of at least 4 members (excludes halogenated alkanes) is 1. The van der Waals surface area contributed by atoms with Crippen LogP contribution in [0.4, 0.5) is 0 Å². The minimum Gasteiger partial charge on any atom is -0.371 e. The second-order valence-electron chi connectivity index (χ2n) is 7.38. The number of hydrogen-bond acceptors (Lipinski definition) is 4. The van der Waals surface area contributed by atoms with E-state index in [1.165, 1.54) is 12.8 Å². The van der Waals surface area contributed by atoms with Gasteiger partial charge in [-0.15, -0.1) is 0 Å². The fourth-order valence-corrected chi connectivity index (χ4v) is 3.71. The summed E-state index contributed by atoms with van der Waals surface area (Å²) in [5.74, 6) is 0.780. The number of morpholine rings is 1. The number of rotatable bonds is 6. The largest absolute Gasteiger partial charge is 0.371 e. The van der Waals surface area contributed by atoms with E-state index in [0.717, 1.165) is 42.5 Å². The molecular formula is C20H26N2O3. The van der Waals surface area contributed by atoms with Gasteiger partial charge in [0.05, 0.1) is 18.6 Å². The Labute approximate surface area is 148 Å². The van der Waals surface area contributed by atoms with Gasteiger partial charge in [-0.1, -0.05) is 37.1 Å². The summed E-state index contributed by atoms with van der Waals surface area (Å²) < 4.78 is 11.6. The Morgan fingerprint density at radius 2 is 2.12 bits per heavy atom. The highest BCUT2D eigenvalue weighted by molar-refractivity contribution is 5.86. The number of carbonyl (C=O) groups is 1. The zero-order chi connectivity index (χ0) is 17.2. The number of nitrogens with zero attached hydrogens (tertiary/aromatic N) is 2. The highest BCUT2D eigenvalue weighted by Gasteiger charge is 2.39. The van der Waals surface area contributed by atoms with E-state index in [9.17, 15) is 4.79 Å². The van der Waals surface area contributed by atoms with Crippen molar-refractivity contribution in [1.29, 1.82) is 0 Å². The maximum Gasteiger partial charge on any atom is 0.228 e. The number of amides is 1. The second kappa shape index (κ2) is 7.16. The monoisotopic (exact) mass is 342 g/mol. The van der Waals surface area contributed by atoms with Crippen LogP contribution in [0.3, 0.4) is 0 Å². The van der Waals surface area contributed by atoms with Gasteiger partial charge in [-0.2, -0.15) is 0 Å². The predicted octanol–water partition coefficient (Wildman–Crippen LogP) is 3.57. The first-order valence-corrected chi connectivity index (χ1v) is 9.51. The molecule has 1 aromatic carbocycles. The summed E-state index contributed by atoms with van der Waals surface area (Å²) >= 11 is 0. The Hall–Kier alpha value is -1.88. The summed E-state index contributed by atoms with van der Waals surface area (Å²) in [7, 11) is 0. The summed E-state index contributed by atoms with van der Waals surface area (Å²) in [6, 6.07) is 7.71. The molecule has 0 bridgehead atoms. The molecule has 2 aromatic rings. The smallest absolute Gasteiger partial charge is 0.228 e. The number of carbonyl (C=O) groups excluding carboxylic acids is 1. The molecule has 5 heteroatoms. The van der Waals surface area contributed by atoms with Crippen molar-refractivity contribution in [3.63, 3.8) is 0 Å². The minimum absolute atomic E-state index is 0.134. The van der Waals surface area contributed by atoms with Crippen LogP contribution in [-0.2, 0) is 16.0 Å². The Balaban J connectivity index is 1.45. The van der Waals surface area contributed by atoms with Gasteiger partial charge in [0.1, 0.15) is 5.69 Å². The highest BCUT2D eigenvalue weighted by Crippen LogP contribution is 2.37. The highest BCUT2D eigenvalue weighted by atomic mass is 16.5. The van der Waals surface area contributed by atoms with E-state index in [1.807, 2.05) is 29.2 Å². The SMILES string of the molecule is CCCC[C@@H]1CN(C(=O)Cc2noc3ccccc23)C[C@H](C2CC2)O1. The molecular weight excluding hydrogens is 316 g/mol. The molecule has 1 aliphatic carbocycles. The molecule has 0 N–H and O–H groups in total. The van der Waals surface area contributed by atoms with Gasteiger partial charge in [-0.3, -0.25) is 4.79 Å². The average Bonchev–Trinajstić information content (AvgIpc) is 3.42. The van der Waals surface area contributed by atoms with Crippen molar-refractivity contribution in [1.82, 2.24) is 10.1 Å². The fraction of sp³-hybridized carbons (Fsp3) is 0.600. The lowest BCUT2D eigenvalue weighted by Gasteiger charge is -2.38. The molecule has 2 fully saturated rings. The molecule has 4 rings (SSSR count). The first kappa shape index (κ1) is 16.6. The lowest BCUT2D eigenvalue weighted by Crippen LogP contribution is -2.51. The molecule has 2 heterocycles. The van der Waals surface area contributed by atoms with Crippen molar-refractivity contribution in [2.75, 3.05) is 13.1 Å². The molecule has 134 valence electrons. The zero-order valence-electron chi connectivity index (χ0n) is 14.8. The Kier molecular flexibility index (Phi) is 4.75. The van der Waals surface area contributed by atoms with E-state index in [1.54, 1.807) is 0 Å². The Morgan fingerprint density at radius 3 is 2.92 bits per heavy atom. The van der Waals surface area contributed by atoms with Gasteiger partial charge < -0.3 is 14.2 Å². The molecule has 0 spiro atoms. The van der Waals surface area contributed by atoms with Crippen LogP contribution in [0.15, 0.2) is 28.8 Å². The van der Waals surface area contributed by atoms with E-state index < -0.39 is 0 Å². The first-order chi connectivity index (χ1) is 12.2. The molecule has 1 saturated carbocycles. The zero-order valence-corrected chi connectivity index (χ0v) is 14.8. The number of ether oxygens (including phenoxy) is 1. The Bertz CT molecular complexity index is 737. The first-order valence-electron chi connectivity index (χ1n) is 9.51. The third kappa shape index (κ3) is 3.71. The summed E-state index contributed by atoms with van der Waals surface area (Å²) in [4.78, 5) is 14.9. The van der Waals surface area contributed by atoms with Gasteiger partial charge >= 0.3 is 0 Å². The minimum atomic E-state index is 0.134. The van der Waals surface area contributed by atoms with E-state index >= 15 is 0 Å². The van der Waals surface area contributed by atoms with Crippen LogP contribution in [0.1, 0.15) is 44.7 Å². The summed E-state index contributed by atoms with van der Waals surface area (Å²) in [5, 5.41) is 5.05. The van der Waals surface area contributed by atoms with Crippen molar-refractivity contribution < 1.29 is 14.1 Å². The quantitative estimate of drug-likeness (QED) is 0.805. The predicted molar refractivity (Wildman–Crippen MR) is 95.2 cm³/mol. The molecule has 1 saturated heterocycles. The standard InChI is InChI=1S/C20H26N2O3/c1-2-3-6-15-12-22(13-19(24-15)14-9-10-14)20(23)11-17-16-7-4-5-8-18(16)25-21-17/h4-5,7-8,14-15,19H,2-3,6,9-13H2,1H3/t15-,19-/m1/s1. The normalized spacial score (nSPS) is 24.0. The number of benzene rings is 1. The average molecular weight is 342 g/mol. The molecule has 1 aromatic heterocycles. The lowest BCUT2D eigenvalue weighted by molar-refractivity contribution is -0.147. The van der Waals surface area contributed by atoms with Gasteiger partial charge in [0.15, 0.2) is 5.58 Å². The van der Waals surface area contributed by atoms with Crippen molar-refractivity contribution in [3.8, 4) is 0 Å². The lowest BCUT2D eigenvalue weighted by atomic mass is 10.1. The number of fused-ring (bicyclic) bond motifs is 1. The third-order valence-corrected chi connectivity index (χ3v) is 5.34. The van der Waals surface area contributed by atoms with Gasteiger partial charge in [-0.05, 0) is 37.3 Å². The van der Waals surface area contributed by atoms with E-state index in [2.05, 4.69) is 12.1 Å². The molecule has 0 unspecified atom stereocenters. The van der Waals surface area contributed by atoms with Crippen LogP contribution in [0.5, 0.6) is 0 Å². The topological polar surface area (TPSA) is 55.6 Å². The molecule has 2 atom stereocenters. The van der Waals surface area contributed by atoms with E-state index in [0.29, 0.717) is 18.9 Å². The molecule has 1 amide bonds. The molecule has 2 aliphatic rings. The summed E-state index contributed by atoms with van der Waals surface area (Å²) in [5.41, 5.74) is 1.48. The number of hydrogen-bond donors (Lipinski definition) is 0. The molecule has 5 nitrogen and oxygen atoms in total. The molecule has 25 heavy (non-hydrogen) atoms. The molecule has 1 aliphatic heterocycles. The van der Waals surface area contributed by atoms with Crippen molar-refractivity contribution in [2.24, 2.45) is 5.92 Å². The van der Waals surface area contributed by atoms with Crippen LogP contribution < -0.4 is 0 Å². The Morgan fingerprint density at radius 1 is 1.28 bits per heavy atom. The fourth-order valence-electron chi connectivity index (χ4n) is 3.71. The second-order valence-corrected chi connectivity index (χ2v) is 7.38. The van der Waals surface area contributed by atoms with Crippen LogP contribution in [0, 0.1) is 5.92 Å². The van der Waals surface area contributed by atoms with Gasteiger partial charge in [0.2, 0.25) is 5.91 Å². The summed E-state index contributed by atoms with van der Waals surface area (Å²) in [6.07, 6.45) is 6.52. The van der Waals surface area contributed by atoms with Crippen LogP contribution in [0.25, 0.3) is 11.0 Å². The maximum atomic E-state index is 12.9. The van der Waals surface area contributed by atoms with Gasteiger partial charge in [0, 0.05) is 18.5 Å². The van der Waals surface area contributed by atoms with Crippen LogP contribution in [-0.4, -0.2) is 41.3 Å². The van der Waals surface area contributed by atoms with Crippen LogP contribution >= 0.6 is 0 Å². The number of para-hydroxylation sites is 1. The van der Waals surface area contributed by atoms with E-state index in [4.69, 9.17) is 9.26 Å². The van der Waals surface area contributed by atoms with Crippen molar-refractivity contribution in [2.45, 2.75) is 57.7 Å². The van der Waals surface area contributed by atoms with Gasteiger partial charge in [-0.25, -0.2) is 0 Å². The summed E-state index contributed by atoms with van der Waals surface area (Å²) in [6.45, 7) is 3.62. The molecule has 0 radical (unpaired) electrons. The number of aromatic nitrogens is 1. The maximum absolute atomic E-state index is 12.9. The van der Waals surface area contributed by atoms with Crippen molar-refractivity contribution >= 4 is 16.9 Å².